The molecule has 27 heavy (non-hydrogen) atoms. The normalized spacial score (nSPS) is 13.3. The Kier molecular flexibility index (Phi) is 7.96. The van der Waals surface area contributed by atoms with E-state index in [1.807, 2.05) is 54.6 Å². The van der Waals surface area contributed by atoms with Crippen molar-refractivity contribution < 1.29 is 9.59 Å². The summed E-state index contributed by atoms with van der Waals surface area (Å²) in [5.41, 5.74) is 7.78. The van der Waals surface area contributed by atoms with Crippen LogP contribution >= 0.6 is 0 Å². The number of hydrogen-bond acceptors (Lipinski definition) is 3. The first-order chi connectivity index (χ1) is 13.0. The zero-order valence-electron chi connectivity index (χ0n) is 16.0. The van der Waals surface area contributed by atoms with Gasteiger partial charge in [0.2, 0.25) is 5.91 Å². The van der Waals surface area contributed by atoms with Crippen molar-refractivity contribution >= 4 is 17.4 Å². The highest BCUT2D eigenvalue weighted by molar-refractivity contribution is 6.01. The third kappa shape index (κ3) is 6.83. The fraction of sp³-hybridized carbons (Fsp3) is 0.304. The van der Waals surface area contributed by atoms with Crippen LogP contribution in [0.4, 0.5) is 5.69 Å². The maximum Gasteiger partial charge on any atom is 0.250 e. The van der Waals surface area contributed by atoms with Gasteiger partial charge in [0.05, 0.1) is 6.04 Å². The number of hydrogen-bond donors (Lipinski definition) is 1. The molecule has 4 heteroatoms. The van der Waals surface area contributed by atoms with Gasteiger partial charge < -0.3 is 10.6 Å². The topological polar surface area (TPSA) is 63.4 Å². The predicted molar refractivity (Wildman–Crippen MR) is 111 cm³/mol. The zero-order valence-corrected chi connectivity index (χ0v) is 16.0. The smallest absolute Gasteiger partial charge is 0.250 e. The number of aryl methyl sites for hydroxylation is 1. The molecule has 0 saturated carbocycles. The number of allylic oxidation sites excluding steroid dienone is 1. The van der Waals surface area contributed by atoms with E-state index < -0.39 is 6.04 Å². The first-order valence-corrected chi connectivity index (χ1v) is 9.30. The molecule has 0 unspecified atom stereocenters. The van der Waals surface area contributed by atoms with Crippen molar-refractivity contribution in [2.24, 2.45) is 11.7 Å². The highest BCUT2D eigenvalue weighted by Crippen LogP contribution is 2.17. The van der Waals surface area contributed by atoms with Gasteiger partial charge in [-0.25, -0.2) is 0 Å². The third-order valence-corrected chi connectivity index (χ3v) is 4.60. The van der Waals surface area contributed by atoms with Gasteiger partial charge in [0.15, 0.2) is 0 Å². The Hall–Kier alpha value is -2.72. The molecule has 142 valence electrons. The molecule has 2 aromatic carbocycles. The first kappa shape index (κ1) is 20.6. The molecule has 4 nitrogen and oxygen atoms in total. The minimum absolute atomic E-state index is 0.0153. The van der Waals surface area contributed by atoms with Gasteiger partial charge in [0.25, 0.3) is 0 Å². The van der Waals surface area contributed by atoms with Crippen LogP contribution in [0.25, 0.3) is 0 Å². The van der Waals surface area contributed by atoms with Gasteiger partial charge in [0, 0.05) is 19.2 Å². The number of para-hydroxylation sites is 1. The van der Waals surface area contributed by atoms with Crippen molar-refractivity contribution in [3.63, 3.8) is 0 Å². The summed E-state index contributed by atoms with van der Waals surface area (Å²) in [6.07, 6.45) is 5.41. The Morgan fingerprint density at radius 2 is 1.63 bits per heavy atom. The maximum absolute atomic E-state index is 12.5. The summed E-state index contributed by atoms with van der Waals surface area (Å²) in [7, 11) is 1.74. The number of amides is 1. The van der Waals surface area contributed by atoms with E-state index in [0.29, 0.717) is 6.42 Å². The lowest BCUT2D eigenvalue weighted by Crippen LogP contribution is -2.28. The lowest BCUT2D eigenvalue weighted by Gasteiger charge is -2.17. The molecule has 2 N–H and O–H groups in total. The highest BCUT2D eigenvalue weighted by Gasteiger charge is 2.16. The fourth-order valence-corrected chi connectivity index (χ4v) is 2.82. The molecule has 0 aliphatic carbocycles. The van der Waals surface area contributed by atoms with Crippen LogP contribution in [0.2, 0.25) is 0 Å². The van der Waals surface area contributed by atoms with Gasteiger partial charge in [-0.3, -0.25) is 9.59 Å². The molecule has 0 aromatic heterocycles. The van der Waals surface area contributed by atoms with Crippen LogP contribution in [-0.2, 0) is 16.0 Å². The molecule has 0 fully saturated rings. The summed E-state index contributed by atoms with van der Waals surface area (Å²) in [5, 5.41) is 0. The van der Waals surface area contributed by atoms with Gasteiger partial charge in [-0.1, -0.05) is 54.6 Å². The van der Waals surface area contributed by atoms with Crippen LogP contribution in [0.3, 0.4) is 0 Å². The van der Waals surface area contributed by atoms with Crippen molar-refractivity contribution in [2.45, 2.75) is 32.2 Å². The Bertz CT molecular complexity index is 754. The first-order valence-electron chi connectivity index (χ1n) is 9.30. The quantitative estimate of drug-likeness (QED) is 0.689. The van der Waals surface area contributed by atoms with Crippen LogP contribution in [0.1, 0.15) is 25.3 Å². The van der Waals surface area contributed by atoms with Crippen molar-refractivity contribution in [3.05, 3.63) is 78.4 Å². The summed E-state index contributed by atoms with van der Waals surface area (Å²) in [6.45, 7) is 1.70. The Balaban J connectivity index is 2.04. The second kappa shape index (κ2) is 10.4. The number of likely N-dealkylation sites (N-methyl/N-ethyl adjacent to an activating group) is 1. The number of rotatable bonds is 9. The second-order valence-electron chi connectivity index (χ2n) is 6.84. The van der Waals surface area contributed by atoms with Crippen molar-refractivity contribution in [1.82, 2.24) is 0 Å². The number of Topliss-reactive ketones (excluding diaryl/α,β-unsaturated/α-hetero) is 1. The Labute approximate surface area is 161 Å². The third-order valence-electron chi connectivity index (χ3n) is 4.60. The number of carbonyl (C=O) groups is 2. The van der Waals surface area contributed by atoms with Gasteiger partial charge in [-0.15, -0.1) is 0 Å². The Morgan fingerprint density at radius 1 is 1.04 bits per heavy atom. The zero-order chi connectivity index (χ0) is 19.6. The minimum Gasteiger partial charge on any atom is -0.322 e. The van der Waals surface area contributed by atoms with Gasteiger partial charge in [-0.2, -0.15) is 0 Å². The summed E-state index contributed by atoms with van der Waals surface area (Å²) in [6, 6.07) is 19.1. The van der Waals surface area contributed by atoms with Crippen LogP contribution in [0.15, 0.2) is 72.8 Å². The number of ketones is 1. The van der Waals surface area contributed by atoms with E-state index in [9.17, 15) is 9.59 Å². The average molecular weight is 364 g/mol. The van der Waals surface area contributed by atoms with Crippen LogP contribution in [-0.4, -0.2) is 24.8 Å². The molecule has 2 atom stereocenters. The van der Waals surface area contributed by atoms with E-state index in [0.717, 1.165) is 18.5 Å². The predicted octanol–water partition coefficient (Wildman–Crippen LogP) is 3.76. The SMILES string of the molecule is C[C@H](N)C(=O)C[C@H](/C=C/C(=O)N(C)c1ccccc1)CCc1ccccc1. The number of nitrogens with two attached hydrogens (primary N) is 1. The summed E-state index contributed by atoms with van der Waals surface area (Å²) in [4.78, 5) is 26.2. The molecule has 0 aliphatic heterocycles. The molecule has 2 rings (SSSR count). The number of benzene rings is 2. The lowest BCUT2D eigenvalue weighted by molar-refractivity contribution is -0.120. The minimum atomic E-state index is -0.486. The van der Waals surface area contributed by atoms with E-state index in [1.54, 1.807) is 24.9 Å². The Morgan fingerprint density at radius 3 is 2.22 bits per heavy atom. The average Bonchev–Trinajstić information content (AvgIpc) is 2.70. The number of carbonyl (C=O) groups excluding carboxylic acids is 2. The second-order valence-corrected chi connectivity index (χ2v) is 6.84. The standard InChI is InChI=1S/C23H28N2O2/c1-18(24)22(26)17-20(14-13-19-9-5-3-6-10-19)15-16-23(27)25(2)21-11-7-4-8-12-21/h3-12,15-16,18,20H,13-14,17,24H2,1-2H3/b16-15+/t18-,20-/m0/s1. The maximum atomic E-state index is 12.5. The molecule has 2 aromatic rings. The van der Waals surface area contributed by atoms with Crippen LogP contribution < -0.4 is 10.6 Å². The number of nitrogens with zero attached hydrogens (tertiary/aromatic N) is 1. The van der Waals surface area contributed by atoms with Gasteiger partial charge in [-0.05, 0) is 49.5 Å². The van der Waals surface area contributed by atoms with E-state index >= 15 is 0 Å². The van der Waals surface area contributed by atoms with Gasteiger partial charge in [0.1, 0.15) is 5.78 Å². The molecular formula is C23H28N2O2. The van der Waals surface area contributed by atoms with Crippen molar-refractivity contribution in [1.29, 1.82) is 0 Å². The molecule has 0 spiro atoms. The fourth-order valence-electron chi connectivity index (χ4n) is 2.82. The molecule has 0 saturated heterocycles. The molecule has 0 radical (unpaired) electrons. The summed E-state index contributed by atoms with van der Waals surface area (Å²) < 4.78 is 0. The molecule has 1 amide bonds. The summed E-state index contributed by atoms with van der Waals surface area (Å²) >= 11 is 0. The van der Waals surface area contributed by atoms with Crippen LogP contribution in [0.5, 0.6) is 0 Å². The van der Waals surface area contributed by atoms with Gasteiger partial charge >= 0.3 is 0 Å². The monoisotopic (exact) mass is 364 g/mol. The molecule has 0 bridgehead atoms. The van der Waals surface area contributed by atoms with Crippen molar-refractivity contribution in [3.8, 4) is 0 Å². The molecule has 0 aliphatic rings. The molecule has 0 heterocycles. The van der Waals surface area contributed by atoms with E-state index in [1.165, 1.54) is 5.56 Å². The summed E-state index contributed by atoms with van der Waals surface area (Å²) in [5.74, 6) is -0.113. The molecular weight excluding hydrogens is 336 g/mol. The lowest BCUT2D eigenvalue weighted by atomic mass is 9.92. The van der Waals surface area contributed by atoms with Crippen LogP contribution in [0, 0.1) is 5.92 Å². The van der Waals surface area contributed by atoms with E-state index in [4.69, 9.17) is 5.73 Å². The van der Waals surface area contributed by atoms with Crippen molar-refractivity contribution in [2.75, 3.05) is 11.9 Å². The highest BCUT2D eigenvalue weighted by atomic mass is 16.2. The van der Waals surface area contributed by atoms with E-state index in [-0.39, 0.29) is 17.6 Å². The largest absolute Gasteiger partial charge is 0.322 e. The number of anilines is 1. The van der Waals surface area contributed by atoms with E-state index in [2.05, 4.69) is 12.1 Å².